The minimum absolute atomic E-state index is 0.0469. The maximum atomic E-state index is 12.5. The molecule has 2 rings (SSSR count). The van der Waals surface area contributed by atoms with Crippen molar-refractivity contribution in [1.29, 1.82) is 0 Å². The second kappa shape index (κ2) is 7.82. The normalized spacial score (nSPS) is 17.4. The van der Waals surface area contributed by atoms with Gasteiger partial charge in [0, 0.05) is 44.4 Å². The van der Waals surface area contributed by atoms with Gasteiger partial charge in [0.2, 0.25) is 5.91 Å². The van der Waals surface area contributed by atoms with Crippen LogP contribution >= 0.6 is 0 Å². The van der Waals surface area contributed by atoms with Crippen LogP contribution in [-0.2, 0) is 4.79 Å². The molecule has 0 radical (unpaired) electrons. The Morgan fingerprint density at radius 2 is 2.00 bits per heavy atom. The number of nitrogens with one attached hydrogen (secondary N) is 2. The van der Waals surface area contributed by atoms with Gasteiger partial charge in [0.25, 0.3) is 5.91 Å². The maximum Gasteiger partial charge on any atom is 0.253 e. The zero-order chi connectivity index (χ0) is 15.9. The summed E-state index contributed by atoms with van der Waals surface area (Å²) in [6.45, 7) is 4.45. The lowest BCUT2D eigenvalue weighted by atomic mass is 10.0. The first-order valence-electron chi connectivity index (χ1n) is 7.97. The first-order chi connectivity index (χ1) is 10.6. The summed E-state index contributed by atoms with van der Waals surface area (Å²) in [5.74, 6) is 0.376. The predicted molar refractivity (Wildman–Crippen MR) is 87.9 cm³/mol. The molecule has 1 aromatic rings. The van der Waals surface area contributed by atoms with Crippen LogP contribution < -0.4 is 10.6 Å². The summed E-state index contributed by atoms with van der Waals surface area (Å²) >= 11 is 0. The predicted octanol–water partition coefficient (Wildman–Crippen LogP) is 2.11. The lowest BCUT2D eigenvalue weighted by Crippen LogP contribution is -2.29. The molecule has 2 amide bonds. The Balaban J connectivity index is 1.90. The summed E-state index contributed by atoms with van der Waals surface area (Å²) in [6, 6.07) is 7.63. The van der Waals surface area contributed by atoms with Gasteiger partial charge in [-0.05, 0) is 43.0 Å². The van der Waals surface area contributed by atoms with Gasteiger partial charge in [0.05, 0.1) is 0 Å². The van der Waals surface area contributed by atoms with E-state index < -0.39 is 0 Å². The standard InChI is InChI=1S/C17H25N3O2/c1-3-9-19-15-6-4-14(5-7-15)17(22)20-10-8-13(12-20)11-16(21)18-2/h4-7,13,19H,3,8-12H2,1-2H3,(H,18,21). The largest absolute Gasteiger partial charge is 0.385 e. The SMILES string of the molecule is CCCNc1ccc(C(=O)N2CCC(CC(=O)NC)C2)cc1. The van der Waals surface area contributed by atoms with E-state index in [1.165, 1.54) is 0 Å². The highest BCUT2D eigenvalue weighted by Crippen LogP contribution is 2.22. The van der Waals surface area contributed by atoms with Crippen LogP contribution in [0.25, 0.3) is 0 Å². The molecule has 1 aliphatic heterocycles. The van der Waals surface area contributed by atoms with E-state index in [0.717, 1.165) is 31.6 Å². The summed E-state index contributed by atoms with van der Waals surface area (Å²) in [5.41, 5.74) is 1.75. The molecule has 0 saturated carbocycles. The maximum absolute atomic E-state index is 12.5. The molecule has 1 fully saturated rings. The number of rotatable bonds is 6. The third kappa shape index (κ3) is 4.23. The van der Waals surface area contributed by atoms with E-state index in [4.69, 9.17) is 0 Å². The molecule has 1 heterocycles. The monoisotopic (exact) mass is 303 g/mol. The number of benzene rings is 1. The van der Waals surface area contributed by atoms with E-state index in [2.05, 4.69) is 17.6 Å². The molecule has 1 aliphatic rings. The van der Waals surface area contributed by atoms with Crippen LogP contribution in [0.15, 0.2) is 24.3 Å². The fourth-order valence-electron chi connectivity index (χ4n) is 2.73. The third-order valence-corrected chi connectivity index (χ3v) is 4.04. The molecule has 1 atom stereocenters. The van der Waals surface area contributed by atoms with Gasteiger partial charge in [-0.1, -0.05) is 6.92 Å². The van der Waals surface area contributed by atoms with E-state index >= 15 is 0 Å². The van der Waals surface area contributed by atoms with Crippen molar-refractivity contribution in [2.75, 3.05) is 32.0 Å². The van der Waals surface area contributed by atoms with Gasteiger partial charge in [-0.2, -0.15) is 0 Å². The molecule has 0 bridgehead atoms. The van der Waals surface area contributed by atoms with Gasteiger partial charge in [0.1, 0.15) is 0 Å². The van der Waals surface area contributed by atoms with Gasteiger partial charge >= 0.3 is 0 Å². The number of amides is 2. The first-order valence-corrected chi connectivity index (χ1v) is 7.97. The minimum atomic E-state index is 0.0469. The van der Waals surface area contributed by atoms with Gasteiger partial charge in [-0.3, -0.25) is 9.59 Å². The van der Waals surface area contributed by atoms with Gasteiger partial charge in [-0.15, -0.1) is 0 Å². The second-order valence-corrected chi connectivity index (χ2v) is 5.79. The quantitative estimate of drug-likeness (QED) is 0.846. The van der Waals surface area contributed by atoms with Crippen LogP contribution in [0.1, 0.15) is 36.5 Å². The Bertz CT molecular complexity index is 513. The van der Waals surface area contributed by atoms with E-state index in [1.807, 2.05) is 29.2 Å². The van der Waals surface area contributed by atoms with Crippen LogP contribution in [0.3, 0.4) is 0 Å². The fraction of sp³-hybridized carbons (Fsp3) is 0.529. The number of nitrogens with zero attached hydrogens (tertiary/aromatic N) is 1. The molecule has 5 heteroatoms. The Kier molecular flexibility index (Phi) is 5.81. The van der Waals surface area contributed by atoms with Crippen molar-refractivity contribution < 1.29 is 9.59 Å². The van der Waals surface area contributed by atoms with Crippen LogP contribution in [0, 0.1) is 5.92 Å². The molecule has 1 unspecified atom stereocenters. The second-order valence-electron chi connectivity index (χ2n) is 5.79. The Hall–Kier alpha value is -2.04. The van der Waals surface area contributed by atoms with Gasteiger partial charge < -0.3 is 15.5 Å². The highest BCUT2D eigenvalue weighted by Gasteiger charge is 2.28. The van der Waals surface area contributed by atoms with Crippen molar-refractivity contribution in [2.24, 2.45) is 5.92 Å². The highest BCUT2D eigenvalue weighted by molar-refractivity contribution is 5.94. The van der Waals surface area contributed by atoms with E-state index in [-0.39, 0.29) is 17.7 Å². The number of likely N-dealkylation sites (tertiary alicyclic amines) is 1. The van der Waals surface area contributed by atoms with E-state index in [0.29, 0.717) is 18.5 Å². The van der Waals surface area contributed by atoms with Crippen molar-refractivity contribution in [3.8, 4) is 0 Å². The zero-order valence-corrected chi connectivity index (χ0v) is 13.4. The Morgan fingerprint density at radius 3 is 2.64 bits per heavy atom. The summed E-state index contributed by atoms with van der Waals surface area (Å²) in [5, 5.41) is 5.94. The molecule has 120 valence electrons. The fourth-order valence-corrected chi connectivity index (χ4v) is 2.73. The van der Waals surface area contributed by atoms with Crippen molar-refractivity contribution >= 4 is 17.5 Å². The van der Waals surface area contributed by atoms with E-state index in [1.54, 1.807) is 7.05 Å². The number of hydrogen-bond acceptors (Lipinski definition) is 3. The molecule has 22 heavy (non-hydrogen) atoms. The molecule has 0 aromatic heterocycles. The zero-order valence-electron chi connectivity index (χ0n) is 13.4. The van der Waals surface area contributed by atoms with Crippen LogP contribution in [0.2, 0.25) is 0 Å². The first kappa shape index (κ1) is 16.3. The molecule has 0 aliphatic carbocycles. The highest BCUT2D eigenvalue weighted by atomic mass is 16.2. The van der Waals surface area contributed by atoms with Crippen molar-refractivity contribution in [1.82, 2.24) is 10.2 Å². The number of carbonyl (C=O) groups excluding carboxylic acids is 2. The van der Waals surface area contributed by atoms with Crippen LogP contribution in [-0.4, -0.2) is 43.4 Å². The summed E-state index contributed by atoms with van der Waals surface area (Å²) in [4.78, 5) is 25.7. The van der Waals surface area contributed by atoms with Crippen molar-refractivity contribution in [3.05, 3.63) is 29.8 Å². The van der Waals surface area contributed by atoms with Crippen molar-refractivity contribution in [3.63, 3.8) is 0 Å². The Morgan fingerprint density at radius 1 is 1.27 bits per heavy atom. The average Bonchev–Trinajstić information content (AvgIpc) is 3.01. The van der Waals surface area contributed by atoms with Crippen LogP contribution in [0.4, 0.5) is 5.69 Å². The average molecular weight is 303 g/mol. The number of hydrogen-bond donors (Lipinski definition) is 2. The lowest BCUT2D eigenvalue weighted by Gasteiger charge is -2.17. The molecular weight excluding hydrogens is 278 g/mol. The number of carbonyl (C=O) groups is 2. The molecule has 1 saturated heterocycles. The molecular formula is C17H25N3O2. The molecule has 1 aromatic carbocycles. The molecule has 2 N–H and O–H groups in total. The third-order valence-electron chi connectivity index (χ3n) is 4.04. The minimum Gasteiger partial charge on any atom is -0.385 e. The van der Waals surface area contributed by atoms with Crippen molar-refractivity contribution in [2.45, 2.75) is 26.2 Å². The lowest BCUT2D eigenvalue weighted by molar-refractivity contribution is -0.121. The summed E-state index contributed by atoms with van der Waals surface area (Å²) < 4.78 is 0. The van der Waals surface area contributed by atoms with Gasteiger partial charge in [-0.25, -0.2) is 0 Å². The van der Waals surface area contributed by atoms with E-state index in [9.17, 15) is 9.59 Å². The Labute approximate surface area is 132 Å². The summed E-state index contributed by atoms with van der Waals surface area (Å²) in [6.07, 6.45) is 2.47. The molecule has 5 nitrogen and oxygen atoms in total. The number of anilines is 1. The molecule has 0 spiro atoms. The smallest absolute Gasteiger partial charge is 0.253 e. The van der Waals surface area contributed by atoms with Crippen LogP contribution in [0.5, 0.6) is 0 Å². The van der Waals surface area contributed by atoms with Gasteiger partial charge in [0.15, 0.2) is 0 Å². The topological polar surface area (TPSA) is 61.4 Å². The summed E-state index contributed by atoms with van der Waals surface area (Å²) in [7, 11) is 1.65.